The van der Waals surface area contributed by atoms with Gasteiger partial charge in [-0.15, -0.1) is 0 Å². The lowest BCUT2D eigenvalue weighted by atomic mass is 9.77. The Morgan fingerprint density at radius 3 is 2.54 bits per heavy atom. The number of nitrogens with zero attached hydrogens (tertiary/aromatic N) is 2. The lowest BCUT2D eigenvalue weighted by Gasteiger charge is -2.41. The number of rotatable bonds is 6. The SMILES string of the molecule is COc1ccc(C(=O)N2C[C@H]3C[C@@H](N(C)C)[C@H](OCC4CC4)C[C@H]3C2)c(O)c1. The van der Waals surface area contributed by atoms with Crippen LogP contribution in [0.15, 0.2) is 18.2 Å². The summed E-state index contributed by atoms with van der Waals surface area (Å²) in [7, 11) is 5.81. The van der Waals surface area contributed by atoms with Crippen molar-refractivity contribution in [3.05, 3.63) is 23.8 Å². The number of carbonyl (C=O) groups excluding carboxylic acids is 1. The molecule has 3 fully saturated rings. The molecule has 0 unspecified atom stereocenters. The summed E-state index contributed by atoms with van der Waals surface area (Å²) in [6.45, 7) is 2.39. The third-order valence-corrected chi connectivity index (χ3v) is 6.71. The second kappa shape index (κ2) is 7.91. The van der Waals surface area contributed by atoms with Crippen molar-refractivity contribution < 1.29 is 19.4 Å². The molecule has 4 rings (SSSR count). The molecule has 6 nitrogen and oxygen atoms in total. The fourth-order valence-corrected chi connectivity index (χ4v) is 4.81. The molecule has 1 amide bonds. The topological polar surface area (TPSA) is 62.2 Å². The maximum atomic E-state index is 13.0. The van der Waals surface area contributed by atoms with Gasteiger partial charge in [-0.3, -0.25) is 4.79 Å². The molecule has 4 atom stereocenters. The highest BCUT2D eigenvalue weighted by Gasteiger charge is 2.45. The van der Waals surface area contributed by atoms with Crippen LogP contribution in [0, 0.1) is 17.8 Å². The van der Waals surface area contributed by atoms with Crippen LogP contribution in [0.2, 0.25) is 0 Å². The van der Waals surface area contributed by atoms with Gasteiger partial charge in [-0.2, -0.15) is 0 Å². The van der Waals surface area contributed by atoms with Gasteiger partial charge in [-0.05, 0) is 69.7 Å². The first-order valence-electron chi connectivity index (χ1n) is 10.4. The minimum Gasteiger partial charge on any atom is -0.507 e. The predicted molar refractivity (Wildman–Crippen MR) is 107 cm³/mol. The number of likely N-dealkylation sites (tertiary alicyclic amines) is 1. The van der Waals surface area contributed by atoms with Crippen molar-refractivity contribution in [1.82, 2.24) is 9.80 Å². The van der Waals surface area contributed by atoms with Crippen molar-refractivity contribution in [2.24, 2.45) is 17.8 Å². The van der Waals surface area contributed by atoms with Crippen LogP contribution in [-0.4, -0.2) is 73.9 Å². The van der Waals surface area contributed by atoms with E-state index in [0.29, 0.717) is 29.2 Å². The van der Waals surface area contributed by atoms with Gasteiger partial charge in [-0.1, -0.05) is 0 Å². The minimum absolute atomic E-state index is 0.0176. The largest absolute Gasteiger partial charge is 0.507 e. The summed E-state index contributed by atoms with van der Waals surface area (Å²) in [5, 5.41) is 10.2. The van der Waals surface area contributed by atoms with Crippen molar-refractivity contribution in [2.75, 3.05) is 40.9 Å². The van der Waals surface area contributed by atoms with E-state index in [2.05, 4.69) is 19.0 Å². The van der Waals surface area contributed by atoms with Crippen LogP contribution in [0.5, 0.6) is 11.5 Å². The van der Waals surface area contributed by atoms with Gasteiger partial charge in [0.15, 0.2) is 0 Å². The van der Waals surface area contributed by atoms with E-state index in [4.69, 9.17) is 9.47 Å². The molecule has 154 valence electrons. The smallest absolute Gasteiger partial charge is 0.257 e. The molecule has 3 aliphatic rings. The summed E-state index contributed by atoms with van der Waals surface area (Å²) in [6, 6.07) is 5.28. The van der Waals surface area contributed by atoms with E-state index in [1.165, 1.54) is 18.9 Å². The van der Waals surface area contributed by atoms with Crippen LogP contribution in [0.1, 0.15) is 36.0 Å². The lowest BCUT2D eigenvalue weighted by Crippen LogP contribution is -2.48. The highest BCUT2D eigenvalue weighted by molar-refractivity contribution is 5.97. The molecule has 0 radical (unpaired) electrons. The summed E-state index contributed by atoms with van der Waals surface area (Å²) in [5.41, 5.74) is 0.352. The maximum Gasteiger partial charge on any atom is 0.257 e. The quantitative estimate of drug-likeness (QED) is 0.812. The Morgan fingerprint density at radius 1 is 1.21 bits per heavy atom. The number of carbonyl (C=O) groups is 1. The Hall–Kier alpha value is -1.79. The number of amides is 1. The zero-order valence-corrected chi connectivity index (χ0v) is 17.1. The second-order valence-electron chi connectivity index (χ2n) is 8.93. The van der Waals surface area contributed by atoms with Gasteiger partial charge in [0, 0.05) is 31.8 Å². The average molecular weight is 389 g/mol. The number of benzene rings is 1. The molecule has 28 heavy (non-hydrogen) atoms. The molecule has 0 spiro atoms. The number of ether oxygens (including phenoxy) is 2. The van der Waals surface area contributed by atoms with E-state index < -0.39 is 0 Å². The van der Waals surface area contributed by atoms with Crippen LogP contribution >= 0.6 is 0 Å². The number of methoxy groups -OCH3 is 1. The molecule has 1 aromatic carbocycles. The van der Waals surface area contributed by atoms with Crippen LogP contribution in [0.25, 0.3) is 0 Å². The van der Waals surface area contributed by atoms with Gasteiger partial charge in [-0.25, -0.2) is 0 Å². The van der Waals surface area contributed by atoms with Gasteiger partial charge < -0.3 is 24.4 Å². The van der Waals surface area contributed by atoms with Gasteiger partial charge in [0.05, 0.1) is 18.8 Å². The first kappa shape index (κ1) is 19.5. The molecule has 1 aromatic rings. The van der Waals surface area contributed by atoms with Gasteiger partial charge in [0.25, 0.3) is 5.91 Å². The zero-order valence-electron chi connectivity index (χ0n) is 17.1. The Kier molecular flexibility index (Phi) is 5.52. The number of aromatic hydroxyl groups is 1. The standard InChI is InChI=1S/C22H32N2O4/c1-23(2)19-8-15-11-24(12-16(15)9-21(19)28-13-14-4-5-14)22(26)18-7-6-17(27-3)10-20(18)25/h6-7,10,14-16,19,21,25H,4-5,8-9,11-13H2,1-3H3/t15-,16+,19-,21-/m1/s1. The maximum absolute atomic E-state index is 13.0. The van der Waals surface area contributed by atoms with Crippen molar-refractivity contribution in [3.63, 3.8) is 0 Å². The van der Waals surface area contributed by atoms with E-state index in [9.17, 15) is 9.90 Å². The second-order valence-corrected chi connectivity index (χ2v) is 8.93. The Bertz CT molecular complexity index is 718. The third kappa shape index (κ3) is 3.98. The number of hydrogen-bond acceptors (Lipinski definition) is 5. The monoisotopic (exact) mass is 388 g/mol. The summed E-state index contributed by atoms with van der Waals surface area (Å²) < 4.78 is 11.4. The van der Waals surface area contributed by atoms with E-state index in [0.717, 1.165) is 38.5 Å². The fourth-order valence-electron chi connectivity index (χ4n) is 4.81. The Balaban J connectivity index is 1.43. The molecule has 2 aliphatic carbocycles. The highest BCUT2D eigenvalue weighted by Crippen LogP contribution is 2.41. The van der Waals surface area contributed by atoms with Crippen molar-refractivity contribution in [1.29, 1.82) is 0 Å². The molecular weight excluding hydrogens is 356 g/mol. The molecule has 1 aliphatic heterocycles. The van der Waals surface area contributed by atoms with Crippen LogP contribution < -0.4 is 4.74 Å². The third-order valence-electron chi connectivity index (χ3n) is 6.71. The molecular formula is C22H32N2O4. The number of fused-ring (bicyclic) bond motifs is 1. The Labute approximate surface area is 167 Å². The summed E-state index contributed by atoms with van der Waals surface area (Å²) in [6.07, 6.45) is 4.93. The number of hydrogen-bond donors (Lipinski definition) is 1. The van der Waals surface area contributed by atoms with Crippen LogP contribution in [-0.2, 0) is 4.74 Å². The van der Waals surface area contributed by atoms with Crippen molar-refractivity contribution >= 4 is 5.91 Å². The molecule has 0 aromatic heterocycles. The lowest BCUT2D eigenvalue weighted by molar-refractivity contribution is -0.0493. The Morgan fingerprint density at radius 2 is 1.93 bits per heavy atom. The number of phenolic OH excluding ortho intramolecular Hbond substituents is 1. The van der Waals surface area contributed by atoms with Gasteiger partial charge >= 0.3 is 0 Å². The van der Waals surface area contributed by atoms with Crippen LogP contribution in [0.3, 0.4) is 0 Å². The van der Waals surface area contributed by atoms with Crippen molar-refractivity contribution in [2.45, 2.75) is 37.8 Å². The molecule has 6 heteroatoms. The number of likely N-dealkylation sites (N-methyl/N-ethyl adjacent to an activating group) is 1. The highest BCUT2D eigenvalue weighted by atomic mass is 16.5. The molecule has 1 heterocycles. The normalized spacial score (nSPS) is 29.8. The summed E-state index contributed by atoms with van der Waals surface area (Å²) >= 11 is 0. The first-order chi connectivity index (χ1) is 13.5. The van der Waals surface area contributed by atoms with Gasteiger partial charge in [0.2, 0.25) is 0 Å². The molecule has 1 N–H and O–H groups in total. The summed E-state index contributed by atoms with van der Waals surface area (Å²) in [4.78, 5) is 17.2. The van der Waals surface area contributed by atoms with E-state index in [1.807, 2.05) is 4.90 Å². The predicted octanol–water partition coefficient (Wildman–Crippen LogP) is 2.61. The van der Waals surface area contributed by atoms with Crippen molar-refractivity contribution in [3.8, 4) is 11.5 Å². The first-order valence-corrected chi connectivity index (χ1v) is 10.4. The summed E-state index contributed by atoms with van der Waals surface area (Å²) in [5.74, 6) is 2.18. The van der Waals surface area contributed by atoms with Crippen LogP contribution in [0.4, 0.5) is 0 Å². The van der Waals surface area contributed by atoms with Gasteiger partial charge in [0.1, 0.15) is 11.5 Å². The van der Waals surface area contributed by atoms with E-state index in [1.54, 1.807) is 19.2 Å². The van der Waals surface area contributed by atoms with E-state index >= 15 is 0 Å². The fraction of sp³-hybridized carbons (Fsp3) is 0.682. The average Bonchev–Trinajstić information content (AvgIpc) is 3.42. The minimum atomic E-state index is -0.0913. The molecule has 0 bridgehead atoms. The number of phenols is 1. The zero-order chi connectivity index (χ0) is 19.8. The molecule has 1 saturated heterocycles. The molecule has 2 saturated carbocycles. The van der Waals surface area contributed by atoms with E-state index in [-0.39, 0.29) is 17.8 Å².